The lowest BCUT2D eigenvalue weighted by atomic mass is 10.1. The maximum absolute atomic E-state index is 12.0. The molecular weight excluding hydrogens is 300 g/mol. The van der Waals surface area contributed by atoms with Crippen LogP contribution in [0.3, 0.4) is 0 Å². The molecular formula is C20H22N2O2. The van der Waals surface area contributed by atoms with Crippen molar-refractivity contribution < 1.29 is 9.53 Å². The molecule has 4 heteroatoms. The van der Waals surface area contributed by atoms with E-state index in [1.165, 1.54) is 10.9 Å². The first-order valence-corrected chi connectivity index (χ1v) is 8.20. The van der Waals surface area contributed by atoms with Crippen LogP contribution < -0.4 is 10.1 Å². The molecule has 0 atom stereocenters. The molecule has 0 saturated carbocycles. The molecule has 0 aliphatic rings. The van der Waals surface area contributed by atoms with Crippen molar-refractivity contribution >= 4 is 16.8 Å². The Labute approximate surface area is 142 Å². The summed E-state index contributed by atoms with van der Waals surface area (Å²) >= 11 is 0. The fraction of sp³-hybridized carbons (Fsp3) is 0.250. The van der Waals surface area contributed by atoms with Crippen LogP contribution in [0.4, 0.5) is 0 Å². The minimum absolute atomic E-state index is 0.0854. The lowest BCUT2D eigenvalue weighted by Gasteiger charge is -2.08. The summed E-state index contributed by atoms with van der Waals surface area (Å²) in [5, 5.41) is 4.22. The van der Waals surface area contributed by atoms with Crippen LogP contribution in [0, 0.1) is 0 Å². The minimum Gasteiger partial charge on any atom is -0.497 e. The summed E-state index contributed by atoms with van der Waals surface area (Å²) in [4.78, 5) is 12.0. The zero-order chi connectivity index (χ0) is 16.8. The smallest absolute Gasteiger partial charge is 0.220 e. The molecule has 1 N–H and O–H groups in total. The molecule has 0 aliphatic heterocycles. The number of methoxy groups -OCH3 is 1. The van der Waals surface area contributed by atoms with E-state index in [0.29, 0.717) is 13.0 Å². The van der Waals surface area contributed by atoms with Gasteiger partial charge in [0.2, 0.25) is 5.91 Å². The van der Waals surface area contributed by atoms with Gasteiger partial charge in [0.1, 0.15) is 5.75 Å². The van der Waals surface area contributed by atoms with Gasteiger partial charge in [0.25, 0.3) is 0 Å². The van der Waals surface area contributed by atoms with Gasteiger partial charge in [0.15, 0.2) is 0 Å². The molecule has 3 aromatic rings. The predicted octanol–water partition coefficient (Wildman–Crippen LogP) is 3.40. The fourth-order valence-corrected chi connectivity index (χ4v) is 2.79. The van der Waals surface area contributed by atoms with Crippen LogP contribution in [0.1, 0.15) is 12.0 Å². The zero-order valence-electron chi connectivity index (χ0n) is 13.9. The van der Waals surface area contributed by atoms with E-state index in [1.807, 2.05) is 36.4 Å². The molecule has 3 rings (SSSR count). The topological polar surface area (TPSA) is 43.3 Å². The number of benzene rings is 2. The Morgan fingerprint density at radius 2 is 1.88 bits per heavy atom. The highest BCUT2D eigenvalue weighted by molar-refractivity contribution is 5.80. The van der Waals surface area contributed by atoms with Crippen molar-refractivity contribution in [1.82, 2.24) is 9.88 Å². The number of nitrogens with one attached hydrogen (secondary N) is 1. The van der Waals surface area contributed by atoms with E-state index in [1.54, 1.807) is 7.11 Å². The Morgan fingerprint density at radius 3 is 2.67 bits per heavy atom. The maximum atomic E-state index is 12.0. The van der Waals surface area contributed by atoms with E-state index in [0.717, 1.165) is 24.3 Å². The van der Waals surface area contributed by atoms with Gasteiger partial charge in [-0.25, -0.2) is 0 Å². The molecule has 4 nitrogen and oxygen atoms in total. The summed E-state index contributed by atoms with van der Waals surface area (Å²) in [5.41, 5.74) is 2.34. The van der Waals surface area contributed by atoms with E-state index in [2.05, 4.69) is 34.3 Å². The minimum atomic E-state index is 0.0854. The molecule has 0 spiro atoms. The highest BCUT2D eigenvalue weighted by Crippen LogP contribution is 2.14. The molecule has 124 valence electrons. The van der Waals surface area contributed by atoms with E-state index in [-0.39, 0.29) is 5.91 Å². The standard InChI is InChI=1S/C20H22N2O2/c1-24-18-9-6-16(7-10-18)8-11-20(23)21-13-15-22-14-12-17-4-2-3-5-19(17)22/h2-7,9-10,12,14H,8,11,13,15H2,1H3,(H,21,23). The van der Waals surface area contributed by atoms with E-state index in [4.69, 9.17) is 4.74 Å². The van der Waals surface area contributed by atoms with Crippen LogP contribution >= 0.6 is 0 Å². The number of hydrogen-bond acceptors (Lipinski definition) is 2. The van der Waals surface area contributed by atoms with Crippen molar-refractivity contribution in [2.75, 3.05) is 13.7 Å². The molecule has 1 aromatic heterocycles. The van der Waals surface area contributed by atoms with Gasteiger partial charge in [0.05, 0.1) is 7.11 Å². The van der Waals surface area contributed by atoms with Gasteiger partial charge >= 0.3 is 0 Å². The van der Waals surface area contributed by atoms with Crippen molar-refractivity contribution in [1.29, 1.82) is 0 Å². The quantitative estimate of drug-likeness (QED) is 0.724. The number of ether oxygens (including phenoxy) is 1. The van der Waals surface area contributed by atoms with Crippen molar-refractivity contribution in [2.24, 2.45) is 0 Å². The van der Waals surface area contributed by atoms with Crippen molar-refractivity contribution in [3.8, 4) is 5.75 Å². The van der Waals surface area contributed by atoms with Crippen LogP contribution in [-0.2, 0) is 17.8 Å². The van der Waals surface area contributed by atoms with Crippen LogP contribution in [-0.4, -0.2) is 24.1 Å². The average molecular weight is 322 g/mol. The third-order valence-electron chi connectivity index (χ3n) is 4.15. The van der Waals surface area contributed by atoms with Crippen LogP contribution in [0.15, 0.2) is 60.8 Å². The Bertz CT molecular complexity index is 806. The molecule has 0 bridgehead atoms. The van der Waals surface area contributed by atoms with Crippen molar-refractivity contribution in [3.05, 3.63) is 66.4 Å². The highest BCUT2D eigenvalue weighted by Gasteiger charge is 2.04. The SMILES string of the molecule is COc1ccc(CCC(=O)NCCn2ccc3ccccc32)cc1. The van der Waals surface area contributed by atoms with Gasteiger partial charge in [-0.3, -0.25) is 4.79 Å². The first kappa shape index (κ1) is 16.1. The summed E-state index contributed by atoms with van der Waals surface area (Å²) in [6.45, 7) is 1.42. The van der Waals surface area contributed by atoms with Gasteiger partial charge in [-0.05, 0) is 41.6 Å². The second-order valence-electron chi connectivity index (χ2n) is 5.77. The predicted molar refractivity (Wildman–Crippen MR) is 96.3 cm³/mol. The van der Waals surface area contributed by atoms with Crippen molar-refractivity contribution in [2.45, 2.75) is 19.4 Å². The Morgan fingerprint density at radius 1 is 1.08 bits per heavy atom. The van der Waals surface area contributed by atoms with Crippen molar-refractivity contribution in [3.63, 3.8) is 0 Å². The number of para-hydroxylation sites is 1. The first-order chi connectivity index (χ1) is 11.8. The van der Waals surface area contributed by atoms with Gasteiger partial charge in [0, 0.05) is 31.2 Å². The summed E-state index contributed by atoms with van der Waals surface area (Å²) in [5.74, 6) is 0.921. The van der Waals surface area contributed by atoms with Gasteiger partial charge in [-0.15, -0.1) is 0 Å². The molecule has 0 unspecified atom stereocenters. The Balaban J connectivity index is 1.44. The van der Waals surface area contributed by atoms with Gasteiger partial charge < -0.3 is 14.6 Å². The molecule has 0 saturated heterocycles. The molecule has 24 heavy (non-hydrogen) atoms. The number of hydrogen-bond donors (Lipinski definition) is 1. The van der Waals surface area contributed by atoms with E-state index >= 15 is 0 Å². The summed E-state index contributed by atoms with van der Waals surface area (Å²) in [7, 11) is 1.65. The molecule has 0 fully saturated rings. The molecule has 1 heterocycles. The normalized spacial score (nSPS) is 10.7. The number of aromatic nitrogens is 1. The summed E-state index contributed by atoms with van der Waals surface area (Å²) in [6.07, 6.45) is 3.30. The van der Waals surface area contributed by atoms with Gasteiger partial charge in [-0.1, -0.05) is 30.3 Å². The lowest BCUT2D eigenvalue weighted by molar-refractivity contribution is -0.121. The molecule has 0 radical (unpaired) electrons. The molecule has 2 aromatic carbocycles. The van der Waals surface area contributed by atoms with Crippen LogP contribution in [0.5, 0.6) is 5.75 Å². The molecule has 0 aliphatic carbocycles. The molecule has 1 amide bonds. The third kappa shape index (κ3) is 3.96. The monoisotopic (exact) mass is 322 g/mol. The second-order valence-corrected chi connectivity index (χ2v) is 5.77. The summed E-state index contributed by atoms with van der Waals surface area (Å²) < 4.78 is 7.30. The average Bonchev–Trinajstić information content (AvgIpc) is 3.04. The van der Waals surface area contributed by atoms with E-state index in [9.17, 15) is 4.79 Å². The zero-order valence-corrected chi connectivity index (χ0v) is 13.9. The number of nitrogens with zero attached hydrogens (tertiary/aromatic N) is 1. The number of rotatable bonds is 7. The third-order valence-corrected chi connectivity index (χ3v) is 4.15. The number of carbonyl (C=O) groups is 1. The van der Waals surface area contributed by atoms with E-state index < -0.39 is 0 Å². The lowest BCUT2D eigenvalue weighted by Crippen LogP contribution is -2.27. The number of aryl methyl sites for hydroxylation is 1. The van der Waals surface area contributed by atoms with Gasteiger partial charge in [-0.2, -0.15) is 0 Å². The van der Waals surface area contributed by atoms with Crippen LogP contribution in [0.25, 0.3) is 10.9 Å². The number of carbonyl (C=O) groups excluding carboxylic acids is 1. The Hall–Kier alpha value is -2.75. The second kappa shape index (κ2) is 7.68. The fourth-order valence-electron chi connectivity index (χ4n) is 2.79. The van der Waals surface area contributed by atoms with Crippen LogP contribution in [0.2, 0.25) is 0 Å². The summed E-state index contributed by atoms with van der Waals surface area (Å²) in [6, 6.07) is 18.2. The maximum Gasteiger partial charge on any atom is 0.220 e. The largest absolute Gasteiger partial charge is 0.497 e. The highest BCUT2D eigenvalue weighted by atomic mass is 16.5. The Kier molecular flexibility index (Phi) is 5.16. The number of amides is 1. The first-order valence-electron chi connectivity index (χ1n) is 8.20. The number of fused-ring (bicyclic) bond motifs is 1.